The first kappa shape index (κ1) is 21.5. The molecule has 1 saturated heterocycles. The molecule has 5 heteroatoms. The van der Waals surface area contributed by atoms with Crippen LogP contribution < -0.4 is 0 Å². The molecule has 1 aliphatic heterocycles. The molecule has 0 spiro atoms. The van der Waals surface area contributed by atoms with E-state index in [0.717, 1.165) is 44.3 Å². The Hall–Kier alpha value is -1.52. The highest BCUT2D eigenvalue weighted by Gasteiger charge is 2.36. The second-order valence-electron chi connectivity index (χ2n) is 7.59. The van der Waals surface area contributed by atoms with Gasteiger partial charge in [-0.15, -0.1) is 0 Å². The molecule has 0 N–H and O–H groups in total. The molecule has 1 heterocycles. The third-order valence-electron chi connectivity index (χ3n) is 4.37. The van der Waals surface area contributed by atoms with Crippen LogP contribution in [-0.2, 0) is 19.1 Å². The fourth-order valence-electron chi connectivity index (χ4n) is 3.41. The maximum absolute atomic E-state index is 12.7. The molecule has 0 aliphatic carbocycles. The molecular formula is C20H35NO4. The number of hydrogen-bond donors (Lipinski definition) is 0. The first-order valence-electron chi connectivity index (χ1n) is 9.60. The highest BCUT2D eigenvalue weighted by Crippen LogP contribution is 2.32. The van der Waals surface area contributed by atoms with Gasteiger partial charge < -0.3 is 14.4 Å². The van der Waals surface area contributed by atoms with Gasteiger partial charge in [-0.25, -0.2) is 4.79 Å². The minimum Gasteiger partial charge on any atom is -0.463 e. The molecule has 0 aromatic rings. The Morgan fingerprint density at radius 3 is 2.44 bits per heavy atom. The zero-order valence-electron chi connectivity index (χ0n) is 16.8. The molecule has 0 amide bonds. The summed E-state index contributed by atoms with van der Waals surface area (Å²) in [6.07, 6.45) is 6.05. The average Bonchev–Trinajstić information content (AvgIpc) is 2.93. The van der Waals surface area contributed by atoms with Gasteiger partial charge in [-0.1, -0.05) is 20.3 Å². The van der Waals surface area contributed by atoms with E-state index in [2.05, 4.69) is 11.8 Å². The summed E-state index contributed by atoms with van der Waals surface area (Å²) in [6, 6.07) is 0.0630. The van der Waals surface area contributed by atoms with Crippen LogP contribution in [0.4, 0.5) is 0 Å². The summed E-state index contributed by atoms with van der Waals surface area (Å²) < 4.78 is 10.7. The standard InChI is InChI=1S/C20H35NO4/c1-7-11-17(16(8-2)19(23)25-20(4,5)6)21-13-10-12-15(21)14-18(22)24-9-3/h14,16-17H,7-13H2,1-6H3/b15-14+/t16-,17+/m0/s1. The second kappa shape index (κ2) is 9.83. The molecule has 1 rings (SSSR count). The van der Waals surface area contributed by atoms with Crippen LogP contribution in [0.2, 0.25) is 0 Å². The summed E-state index contributed by atoms with van der Waals surface area (Å²) in [4.78, 5) is 26.8. The van der Waals surface area contributed by atoms with Gasteiger partial charge in [0.15, 0.2) is 0 Å². The number of carbonyl (C=O) groups excluding carboxylic acids is 2. The van der Waals surface area contributed by atoms with E-state index >= 15 is 0 Å². The predicted octanol–water partition coefficient (Wildman–Crippen LogP) is 4.07. The molecule has 0 aromatic carbocycles. The minimum absolute atomic E-state index is 0.0630. The fourth-order valence-corrected chi connectivity index (χ4v) is 3.41. The lowest BCUT2D eigenvalue weighted by Gasteiger charge is -2.36. The van der Waals surface area contributed by atoms with Gasteiger partial charge in [-0.05, 0) is 53.4 Å². The summed E-state index contributed by atoms with van der Waals surface area (Å²) in [5.74, 6) is -0.635. The SMILES string of the molecule is CCC[C@H]([C@H](CC)C(=O)OC(C)(C)C)N1CCC/C1=C\C(=O)OCC. The van der Waals surface area contributed by atoms with Crippen molar-refractivity contribution in [3.05, 3.63) is 11.8 Å². The summed E-state index contributed by atoms with van der Waals surface area (Å²) in [5.41, 5.74) is 0.495. The van der Waals surface area contributed by atoms with E-state index in [4.69, 9.17) is 9.47 Å². The Balaban J connectivity index is 3.02. The second-order valence-corrected chi connectivity index (χ2v) is 7.59. The number of rotatable bonds is 8. The van der Waals surface area contributed by atoms with E-state index in [9.17, 15) is 9.59 Å². The lowest BCUT2D eigenvalue weighted by atomic mass is 9.91. The molecular weight excluding hydrogens is 318 g/mol. The van der Waals surface area contributed by atoms with Gasteiger partial charge in [0.1, 0.15) is 5.60 Å². The molecule has 0 unspecified atom stereocenters. The number of carbonyl (C=O) groups is 2. The van der Waals surface area contributed by atoms with Crippen molar-refractivity contribution in [1.29, 1.82) is 0 Å². The molecule has 0 bridgehead atoms. The van der Waals surface area contributed by atoms with Crippen LogP contribution in [0.1, 0.15) is 73.6 Å². The molecule has 25 heavy (non-hydrogen) atoms. The van der Waals surface area contributed by atoms with E-state index < -0.39 is 5.60 Å². The quantitative estimate of drug-likeness (QED) is 0.486. The molecule has 144 valence electrons. The molecule has 0 aromatic heterocycles. The van der Waals surface area contributed by atoms with E-state index in [0.29, 0.717) is 6.61 Å². The Morgan fingerprint density at radius 2 is 1.92 bits per heavy atom. The maximum atomic E-state index is 12.7. The Kier molecular flexibility index (Phi) is 8.46. The first-order valence-corrected chi connectivity index (χ1v) is 9.60. The fraction of sp³-hybridized carbons (Fsp3) is 0.800. The number of hydrogen-bond acceptors (Lipinski definition) is 5. The van der Waals surface area contributed by atoms with Crippen molar-refractivity contribution in [3.63, 3.8) is 0 Å². The summed E-state index contributed by atoms with van der Waals surface area (Å²) in [7, 11) is 0. The van der Waals surface area contributed by atoms with Gasteiger partial charge in [0.25, 0.3) is 0 Å². The van der Waals surface area contributed by atoms with E-state index in [1.165, 1.54) is 0 Å². The number of nitrogens with zero attached hydrogens (tertiary/aromatic N) is 1. The molecule has 1 aliphatic rings. The van der Waals surface area contributed by atoms with Gasteiger partial charge >= 0.3 is 11.9 Å². The third-order valence-corrected chi connectivity index (χ3v) is 4.37. The lowest BCUT2D eigenvalue weighted by molar-refractivity contribution is -0.162. The zero-order chi connectivity index (χ0) is 19.0. The van der Waals surface area contributed by atoms with E-state index in [1.54, 1.807) is 13.0 Å². The van der Waals surface area contributed by atoms with Gasteiger partial charge in [-0.2, -0.15) is 0 Å². The van der Waals surface area contributed by atoms with Crippen LogP contribution in [0, 0.1) is 5.92 Å². The maximum Gasteiger partial charge on any atom is 0.332 e. The normalized spacial score (nSPS) is 19.0. The minimum atomic E-state index is -0.490. The van der Waals surface area contributed by atoms with Crippen LogP contribution >= 0.6 is 0 Å². The lowest BCUT2D eigenvalue weighted by Crippen LogP contribution is -2.43. The van der Waals surface area contributed by atoms with Crippen molar-refractivity contribution in [2.24, 2.45) is 5.92 Å². The summed E-state index contributed by atoms with van der Waals surface area (Å²) >= 11 is 0. The third kappa shape index (κ3) is 6.71. The van der Waals surface area contributed by atoms with Gasteiger partial charge in [0.2, 0.25) is 0 Å². The van der Waals surface area contributed by atoms with Crippen LogP contribution in [-0.4, -0.2) is 41.6 Å². The monoisotopic (exact) mass is 353 g/mol. The van der Waals surface area contributed by atoms with Crippen LogP contribution in [0.25, 0.3) is 0 Å². The number of ether oxygens (including phenoxy) is 2. The zero-order valence-corrected chi connectivity index (χ0v) is 16.8. The topological polar surface area (TPSA) is 55.8 Å². The van der Waals surface area contributed by atoms with Crippen molar-refractivity contribution in [1.82, 2.24) is 4.90 Å². The number of likely N-dealkylation sites (tertiary alicyclic amines) is 1. The van der Waals surface area contributed by atoms with Crippen molar-refractivity contribution >= 4 is 11.9 Å². The summed E-state index contributed by atoms with van der Waals surface area (Å²) in [6.45, 7) is 12.9. The number of allylic oxidation sites excluding steroid dienone is 1. The Labute approximate surface area is 152 Å². The molecule has 2 atom stereocenters. The Morgan fingerprint density at radius 1 is 1.24 bits per heavy atom. The predicted molar refractivity (Wildman–Crippen MR) is 99.0 cm³/mol. The smallest absolute Gasteiger partial charge is 0.332 e. The largest absolute Gasteiger partial charge is 0.463 e. The van der Waals surface area contributed by atoms with Gasteiger partial charge in [-0.3, -0.25) is 4.79 Å². The molecule has 5 nitrogen and oxygen atoms in total. The molecule has 0 radical (unpaired) electrons. The van der Waals surface area contributed by atoms with Crippen molar-refractivity contribution in [2.75, 3.05) is 13.2 Å². The summed E-state index contributed by atoms with van der Waals surface area (Å²) in [5, 5.41) is 0. The number of esters is 2. The van der Waals surface area contributed by atoms with Crippen molar-refractivity contribution in [2.45, 2.75) is 85.3 Å². The highest BCUT2D eigenvalue weighted by molar-refractivity contribution is 5.82. The average molecular weight is 354 g/mol. The van der Waals surface area contributed by atoms with Crippen LogP contribution in [0.3, 0.4) is 0 Å². The van der Waals surface area contributed by atoms with Gasteiger partial charge in [0, 0.05) is 24.4 Å². The van der Waals surface area contributed by atoms with Crippen LogP contribution in [0.5, 0.6) is 0 Å². The first-order chi connectivity index (χ1) is 11.7. The van der Waals surface area contributed by atoms with Crippen molar-refractivity contribution < 1.29 is 19.1 Å². The van der Waals surface area contributed by atoms with Crippen LogP contribution in [0.15, 0.2) is 11.8 Å². The molecule has 0 saturated carbocycles. The van der Waals surface area contributed by atoms with Gasteiger partial charge in [0.05, 0.1) is 12.5 Å². The van der Waals surface area contributed by atoms with E-state index in [1.807, 2.05) is 27.7 Å². The highest BCUT2D eigenvalue weighted by atomic mass is 16.6. The Bertz CT molecular complexity index is 479. The molecule has 1 fully saturated rings. The van der Waals surface area contributed by atoms with E-state index in [-0.39, 0.29) is 23.9 Å². The van der Waals surface area contributed by atoms with Crippen molar-refractivity contribution in [3.8, 4) is 0 Å².